The van der Waals surface area contributed by atoms with E-state index < -0.39 is 0 Å². The van der Waals surface area contributed by atoms with Crippen LogP contribution in [-0.2, 0) is 4.79 Å². The normalized spacial score (nSPS) is 14.9. The van der Waals surface area contributed by atoms with Crippen LogP contribution in [0.5, 0.6) is 0 Å². The lowest BCUT2D eigenvalue weighted by atomic mass is 10.1. The molecule has 0 aromatic heterocycles. The highest BCUT2D eigenvalue weighted by atomic mass is 16.1. The first-order valence-corrected chi connectivity index (χ1v) is 6.05. The van der Waals surface area contributed by atoms with Gasteiger partial charge in [-0.05, 0) is 38.3 Å². The Balaban J connectivity index is 2.09. The van der Waals surface area contributed by atoms with Gasteiger partial charge in [0.1, 0.15) is 0 Å². The highest BCUT2D eigenvalue weighted by Gasteiger charge is 2.30. The molecule has 0 aliphatic heterocycles. The molecule has 1 aromatic rings. The van der Waals surface area contributed by atoms with E-state index in [4.69, 9.17) is 0 Å². The third kappa shape index (κ3) is 2.43. The zero-order valence-electron chi connectivity index (χ0n) is 10.1. The van der Waals surface area contributed by atoms with Gasteiger partial charge in [-0.2, -0.15) is 0 Å². The van der Waals surface area contributed by atoms with Crippen molar-refractivity contribution in [1.29, 1.82) is 0 Å². The minimum absolute atomic E-state index is 0.359. The highest BCUT2D eigenvalue weighted by Crippen LogP contribution is 2.30. The Bertz CT molecular complexity index is 382. The Morgan fingerprint density at radius 3 is 2.62 bits per heavy atom. The second kappa shape index (κ2) is 4.69. The van der Waals surface area contributed by atoms with Crippen molar-refractivity contribution in [1.82, 2.24) is 0 Å². The van der Waals surface area contributed by atoms with E-state index >= 15 is 0 Å². The number of ketones is 1. The molecule has 1 aliphatic rings. The van der Waals surface area contributed by atoms with Crippen LogP contribution in [0.1, 0.15) is 25.3 Å². The van der Waals surface area contributed by atoms with Gasteiger partial charge in [0.05, 0.1) is 6.54 Å². The summed E-state index contributed by atoms with van der Waals surface area (Å²) in [5.41, 5.74) is 2.44. The number of Topliss-reactive ketones (excluding diaryl/α,β-unsaturated/α-hetero) is 1. The van der Waals surface area contributed by atoms with Crippen molar-refractivity contribution in [2.24, 2.45) is 5.92 Å². The molecule has 0 unspecified atom stereocenters. The number of benzene rings is 1. The van der Waals surface area contributed by atoms with E-state index in [9.17, 15) is 4.79 Å². The van der Waals surface area contributed by atoms with Crippen LogP contribution in [0.2, 0.25) is 0 Å². The molecule has 1 aliphatic carbocycles. The van der Waals surface area contributed by atoms with E-state index in [0.29, 0.717) is 18.2 Å². The maximum absolute atomic E-state index is 11.8. The van der Waals surface area contributed by atoms with E-state index in [1.807, 2.05) is 12.1 Å². The van der Waals surface area contributed by atoms with E-state index in [2.05, 4.69) is 30.9 Å². The van der Waals surface area contributed by atoms with Gasteiger partial charge in [0.2, 0.25) is 0 Å². The third-order valence-electron chi connectivity index (χ3n) is 3.22. The number of likely N-dealkylation sites (N-methyl/N-ethyl adjacent to an activating group) is 1. The molecule has 2 nitrogen and oxygen atoms in total. The monoisotopic (exact) mass is 217 g/mol. The fraction of sp³-hybridized carbons (Fsp3) is 0.500. The summed E-state index contributed by atoms with van der Waals surface area (Å²) in [7, 11) is 0. The topological polar surface area (TPSA) is 20.3 Å². The van der Waals surface area contributed by atoms with Crippen molar-refractivity contribution in [2.75, 3.05) is 18.0 Å². The lowest BCUT2D eigenvalue weighted by Crippen LogP contribution is -2.30. The number of hydrogen-bond donors (Lipinski definition) is 0. The van der Waals surface area contributed by atoms with Crippen LogP contribution in [0.25, 0.3) is 0 Å². The first-order chi connectivity index (χ1) is 7.72. The maximum atomic E-state index is 11.8. The summed E-state index contributed by atoms with van der Waals surface area (Å²) in [5, 5.41) is 0. The largest absolute Gasteiger partial charge is 0.364 e. The predicted octanol–water partition coefficient (Wildman–Crippen LogP) is 2.80. The van der Waals surface area contributed by atoms with Gasteiger partial charge < -0.3 is 4.90 Å². The Labute approximate surface area is 97.3 Å². The maximum Gasteiger partial charge on any atom is 0.155 e. The Hall–Kier alpha value is -1.31. The molecule has 1 fully saturated rings. The number of para-hydroxylation sites is 1. The SMILES string of the molecule is CCN(CC(=O)C1CC1)c1ccccc1C. The number of rotatable bonds is 5. The van der Waals surface area contributed by atoms with Crippen molar-refractivity contribution in [2.45, 2.75) is 26.7 Å². The van der Waals surface area contributed by atoms with Crippen LogP contribution in [0.3, 0.4) is 0 Å². The molecule has 0 heterocycles. The van der Waals surface area contributed by atoms with Gasteiger partial charge in [-0.15, -0.1) is 0 Å². The fourth-order valence-corrected chi connectivity index (χ4v) is 2.01. The Morgan fingerprint density at radius 1 is 1.38 bits per heavy atom. The van der Waals surface area contributed by atoms with Gasteiger partial charge in [-0.25, -0.2) is 0 Å². The lowest BCUT2D eigenvalue weighted by Gasteiger charge is -2.24. The number of carbonyl (C=O) groups is 1. The summed E-state index contributed by atoms with van der Waals surface area (Å²) in [6.07, 6.45) is 2.20. The number of anilines is 1. The van der Waals surface area contributed by atoms with Crippen LogP contribution < -0.4 is 4.90 Å². The number of carbonyl (C=O) groups excluding carboxylic acids is 1. The molecule has 0 spiro atoms. The van der Waals surface area contributed by atoms with E-state index in [-0.39, 0.29) is 0 Å². The van der Waals surface area contributed by atoms with Crippen molar-refractivity contribution >= 4 is 11.5 Å². The van der Waals surface area contributed by atoms with E-state index in [1.165, 1.54) is 11.3 Å². The van der Waals surface area contributed by atoms with Gasteiger partial charge >= 0.3 is 0 Å². The first-order valence-electron chi connectivity index (χ1n) is 6.05. The summed E-state index contributed by atoms with van der Waals surface area (Å²) in [6.45, 7) is 5.67. The molecule has 86 valence electrons. The molecule has 1 aromatic carbocycles. The standard InChI is InChI=1S/C14H19NO/c1-3-15(10-14(16)12-8-9-12)13-7-5-4-6-11(13)2/h4-7,12H,3,8-10H2,1-2H3. The van der Waals surface area contributed by atoms with Gasteiger partial charge in [-0.1, -0.05) is 18.2 Å². The number of nitrogens with zero attached hydrogens (tertiary/aromatic N) is 1. The predicted molar refractivity (Wildman–Crippen MR) is 66.8 cm³/mol. The third-order valence-corrected chi connectivity index (χ3v) is 3.22. The van der Waals surface area contributed by atoms with Gasteiger partial charge in [0.25, 0.3) is 0 Å². The lowest BCUT2D eigenvalue weighted by molar-refractivity contribution is -0.118. The number of aryl methyl sites for hydroxylation is 1. The molecule has 0 atom stereocenters. The molecule has 0 radical (unpaired) electrons. The van der Waals surface area contributed by atoms with E-state index in [1.54, 1.807) is 0 Å². The smallest absolute Gasteiger partial charge is 0.155 e. The van der Waals surface area contributed by atoms with Gasteiger partial charge in [0.15, 0.2) is 5.78 Å². The first kappa shape index (κ1) is 11.2. The highest BCUT2D eigenvalue weighted by molar-refractivity contribution is 5.87. The molecule has 0 amide bonds. The molecular formula is C14H19NO. The Kier molecular flexibility index (Phi) is 3.28. The summed E-state index contributed by atoms with van der Waals surface area (Å²) < 4.78 is 0. The van der Waals surface area contributed by atoms with Crippen molar-refractivity contribution in [3.63, 3.8) is 0 Å². The fourth-order valence-electron chi connectivity index (χ4n) is 2.01. The van der Waals surface area contributed by atoms with Crippen molar-refractivity contribution in [3.8, 4) is 0 Å². The van der Waals surface area contributed by atoms with Gasteiger partial charge in [-0.3, -0.25) is 4.79 Å². The van der Waals surface area contributed by atoms with Crippen LogP contribution in [0.15, 0.2) is 24.3 Å². The molecule has 16 heavy (non-hydrogen) atoms. The minimum Gasteiger partial charge on any atom is -0.364 e. The minimum atomic E-state index is 0.359. The average Bonchev–Trinajstić information content (AvgIpc) is 3.10. The molecule has 1 saturated carbocycles. The zero-order chi connectivity index (χ0) is 11.5. The molecule has 0 bridgehead atoms. The van der Waals surface area contributed by atoms with Crippen LogP contribution in [0, 0.1) is 12.8 Å². The van der Waals surface area contributed by atoms with Crippen LogP contribution in [0.4, 0.5) is 5.69 Å². The molecular weight excluding hydrogens is 198 g/mol. The van der Waals surface area contributed by atoms with Crippen LogP contribution >= 0.6 is 0 Å². The summed E-state index contributed by atoms with van der Waals surface area (Å²) >= 11 is 0. The summed E-state index contributed by atoms with van der Waals surface area (Å²) in [4.78, 5) is 14.0. The quantitative estimate of drug-likeness (QED) is 0.756. The zero-order valence-corrected chi connectivity index (χ0v) is 10.1. The molecule has 2 rings (SSSR count). The summed E-state index contributed by atoms with van der Waals surface area (Å²) in [6, 6.07) is 8.26. The second-order valence-electron chi connectivity index (χ2n) is 4.54. The van der Waals surface area contributed by atoms with Gasteiger partial charge in [0, 0.05) is 18.2 Å². The second-order valence-corrected chi connectivity index (χ2v) is 4.54. The van der Waals surface area contributed by atoms with Crippen LogP contribution in [-0.4, -0.2) is 18.9 Å². The number of hydrogen-bond acceptors (Lipinski definition) is 2. The molecule has 0 N–H and O–H groups in total. The average molecular weight is 217 g/mol. The van der Waals surface area contributed by atoms with E-state index in [0.717, 1.165) is 19.4 Å². The molecule has 2 heteroatoms. The van der Waals surface area contributed by atoms with Crippen molar-refractivity contribution in [3.05, 3.63) is 29.8 Å². The molecule has 0 saturated heterocycles. The summed E-state index contributed by atoms with van der Waals surface area (Å²) in [5.74, 6) is 0.767. The van der Waals surface area contributed by atoms with Crippen molar-refractivity contribution < 1.29 is 4.79 Å². The Morgan fingerprint density at radius 2 is 2.06 bits per heavy atom.